The largest absolute Gasteiger partial charge is 0.379 e. The summed E-state index contributed by atoms with van der Waals surface area (Å²) in [6, 6.07) is 2.03. The quantitative estimate of drug-likeness (QED) is 0.889. The Labute approximate surface area is 130 Å². The molecule has 0 spiro atoms. The molecule has 0 aliphatic carbocycles. The van der Waals surface area contributed by atoms with Crippen molar-refractivity contribution in [3.63, 3.8) is 0 Å². The van der Waals surface area contributed by atoms with Crippen LogP contribution >= 0.6 is 0 Å². The van der Waals surface area contributed by atoms with Gasteiger partial charge in [0, 0.05) is 31.9 Å². The van der Waals surface area contributed by atoms with Gasteiger partial charge in [-0.05, 0) is 19.9 Å². The first-order chi connectivity index (χ1) is 10.7. The summed E-state index contributed by atoms with van der Waals surface area (Å²) < 4.78 is 7.16. The third-order valence-corrected chi connectivity index (χ3v) is 3.69. The van der Waals surface area contributed by atoms with Gasteiger partial charge in [-0.15, -0.1) is 0 Å². The van der Waals surface area contributed by atoms with Crippen molar-refractivity contribution in [3.8, 4) is 5.82 Å². The number of rotatable bonds is 5. The van der Waals surface area contributed by atoms with E-state index in [9.17, 15) is 0 Å². The van der Waals surface area contributed by atoms with Gasteiger partial charge in [0.2, 0.25) is 0 Å². The van der Waals surface area contributed by atoms with Gasteiger partial charge in [-0.2, -0.15) is 5.10 Å². The molecule has 0 saturated carbocycles. The normalized spacial score (nSPS) is 15.9. The third kappa shape index (κ3) is 3.61. The number of hydrogen-bond acceptors (Lipinski definition) is 6. The van der Waals surface area contributed by atoms with E-state index in [1.807, 2.05) is 24.6 Å². The van der Waals surface area contributed by atoms with Crippen LogP contribution in [0.1, 0.15) is 11.4 Å². The van der Waals surface area contributed by atoms with E-state index < -0.39 is 0 Å². The van der Waals surface area contributed by atoms with Gasteiger partial charge < -0.3 is 10.1 Å². The molecule has 0 unspecified atom stereocenters. The van der Waals surface area contributed by atoms with E-state index in [4.69, 9.17) is 4.74 Å². The van der Waals surface area contributed by atoms with E-state index in [-0.39, 0.29) is 0 Å². The van der Waals surface area contributed by atoms with Crippen molar-refractivity contribution < 1.29 is 4.74 Å². The SMILES string of the molecule is Cc1cc(C)n(-c2cncc(NCCN3CCOCC3)n2)n1. The van der Waals surface area contributed by atoms with Crippen molar-refractivity contribution in [2.24, 2.45) is 0 Å². The molecular weight excluding hydrogens is 280 g/mol. The van der Waals surface area contributed by atoms with E-state index >= 15 is 0 Å². The van der Waals surface area contributed by atoms with Gasteiger partial charge in [0.1, 0.15) is 5.82 Å². The maximum absolute atomic E-state index is 5.35. The topological polar surface area (TPSA) is 68.1 Å². The second kappa shape index (κ2) is 6.85. The summed E-state index contributed by atoms with van der Waals surface area (Å²) in [4.78, 5) is 11.2. The molecule has 0 radical (unpaired) electrons. The van der Waals surface area contributed by atoms with Gasteiger partial charge in [-0.1, -0.05) is 0 Å². The highest BCUT2D eigenvalue weighted by Gasteiger charge is 2.10. The Balaban J connectivity index is 1.60. The standard InChI is InChI=1S/C15H22N6O/c1-12-9-13(2)21(19-12)15-11-16-10-14(18-15)17-3-4-20-5-7-22-8-6-20/h9-11H,3-8H2,1-2H3,(H,17,18). The van der Waals surface area contributed by atoms with Crippen LogP contribution in [0.25, 0.3) is 5.82 Å². The molecule has 2 aromatic rings. The zero-order chi connectivity index (χ0) is 15.4. The second-order valence-corrected chi connectivity index (χ2v) is 5.48. The Kier molecular flexibility index (Phi) is 4.65. The van der Waals surface area contributed by atoms with Gasteiger partial charge in [0.05, 0.1) is 31.3 Å². The fourth-order valence-corrected chi connectivity index (χ4v) is 2.57. The summed E-state index contributed by atoms with van der Waals surface area (Å²) in [7, 11) is 0. The highest BCUT2D eigenvalue weighted by molar-refractivity contribution is 5.36. The fraction of sp³-hybridized carbons (Fsp3) is 0.533. The van der Waals surface area contributed by atoms with Crippen LogP contribution in [-0.2, 0) is 4.74 Å². The zero-order valence-electron chi connectivity index (χ0n) is 13.1. The number of morpholine rings is 1. The number of nitrogens with zero attached hydrogens (tertiary/aromatic N) is 5. The summed E-state index contributed by atoms with van der Waals surface area (Å²) in [6.45, 7) is 9.46. The molecule has 0 aromatic carbocycles. The third-order valence-electron chi connectivity index (χ3n) is 3.69. The van der Waals surface area contributed by atoms with Gasteiger partial charge >= 0.3 is 0 Å². The monoisotopic (exact) mass is 302 g/mol. The number of aromatic nitrogens is 4. The molecule has 1 aliphatic heterocycles. The molecule has 7 nitrogen and oxygen atoms in total. The first-order valence-electron chi connectivity index (χ1n) is 7.62. The lowest BCUT2D eigenvalue weighted by molar-refractivity contribution is 0.0398. The van der Waals surface area contributed by atoms with Gasteiger partial charge in [-0.3, -0.25) is 9.88 Å². The Bertz CT molecular complexity index is 620. The van der Waals surface area contributed by atoms with Crippen LogP contribution in [0.4, 0.5) is 5.82 Å². The minimum absolute atomic E-state index is 0.738. The first kappa shape index (κ1) is 14.9. The first-order valence-corrected chi connectivity index (χ1v) is 7.62. The van der Waals surface area contributed by atoms with Crippen molar-refractivity contribution >= 4 is 5.82 Å². The lowest BCUT2D eigenvalue weighted by Crippen LogP contribution is -2.39. The number of ether oxygens (including phenoxy) is 1. The van der Waals surface area contributed by atoms with Crippen molar-refractivity contribution in [1.29, 1.82) is 0 Å². The molecule has 22 heavy (non-hydrogen) atoms. The Hall–Kier alpha value is -1.99. The lowest BCUT2D eigenvalue weighted by Gasteiger charge is -2.26. The van der Waals surface area contributed by atoms with Crippen molar-refractivity contribution in [3.05, 3.63) is 29.8 Å². The number of aryl methyl sites for hydroxylation is 2. The number of anilines is 1. The maximum Gasteiger partial charge on any atom is 0.174 e. The van der Waals surface area contributed by atoms with E-state index in [0.29, 0.717) is 0 Å². The predicted molar refractivity (Wildman–Crippen MR) is 84.4 cm³/mol. The van der Waals surface area contributed by atoms with Gasteiger partial charge in [-0.25, -0.2) is 9.67 Å². The Morgan fingerprint density at radius 2 is 2.05 bits per heavy atom. The van der Waals surface area contributed by atoms with Crippen molar-refractivity contribution in [1.82, 2.24) is 24.6 Å². The number of hydrogen-bond donors (Lipinski definition) is 1. The highest BCUT2D eigenvalue weighted by Crippen LogP contribution is 2.11. The molecule has 3 rings (SSSR count). The molecular formula is C15H22N6O. The Morgan fingerprint density at radius 1 is 1.23 bits per heavy atom. The van der Waals surface area contributed by atoms with E-state index in [2.05, 4.69) is 25.3 Å². The van der Waals surface area contributed by atoms with Crippen LogP contribution < -0.4 is 5.32 Å². The molecule has 118 valence electrons. The molecule has 1 aliphatic rings. The van der Waals surface area contributed by atoms with Crippen LogP contribution in [0.5, 0.6) is 0 Å². The van der Waals surface area contributed by atoms with E-state index in [1.165, 1.54) is 0 Å². The minimum Gasteiger partial charge on any atom is -0.379 e. The van der Waals surface area contributed by atoms with Crippen LogP contribution in [0.15, 0.2) is 18.5 Å². The molecule has 7 heteroatoms. The maximum atomic E-state index is 5.35. The van der Waals surface area contributed by atoms with E-state index in [1.54, 1.807) is 12.4 Å². The van der Waals surface area contributed by atoms with Crippen LogP contribution in [0.2, 0.25) is 0 Å². The predicted octanol–water partition coefficient (Wildman–Crippen LogP) is 1.02. The summed E-state index contributed by atoms with van der Waals surface area (Å²) >= 11 is 0. The molecule has 2 aromatic heterocycles. The Morgan fingerprint density at radius 3 is 2.77 bits per heavy atom. The average molecular weight is 302 g/mol. The molecule has 0 bridgehead atoms. The molecule has 0 atom stereocenters. The summed E-state index contributed by atoms with van der Waals surface area (Å²) in [5.41, 5.74) is 2.03. The van der Waals surface area contributed by atoms with Crippen molar-refractivity contribution in [2.45, 2.75) is 13.8 Å². The molecule has 1 saturated heterocycles. The van der Waals surface area contributed by atoms with E-state index in [0.717, 1.165) is 62.4 Å². The van der Waals surface area contributed by atoms with Crippen LogP contribution in [-0.4, -0.2) is 64.0 Å². The fourth-order valence-electron chi connectivity index (χ4n) is 2.57. The highest BCUT2D eigenvalue weighted by atomic mass is 16.5. The minimum atomic E-state index is 0.738. The lowest BCUT2D eigenvalue weighted by atomic mass is 10.4. The number of nitrogens with one attached hydrogen (secondary N) is 1. The summed E-state index contributed by atoms with van der Waals surface area (Å²) in [5, 5.41) is 7.77. The molecule has 1 fully saturated rings. The molecule has 0 amide bonds. The smallest absolute Gasteiger partial charge is 0.174 e. The van der Waals surface area contributed by atoms with Crippen molar-refractivity contribution in [2.75, 3.05) is 44.7 Å². The molecule has 1 N–H and O–H groups in total. The zero-order valence-corrected chi connectivity index (χ0v) is 13.1. The van der Waals surface area contributed by atoms with Crippen LogP contribution in [0.3, 0.4) is 0 Å². The molecule has 3 heterocycles. The summed E-state index contributed by atoms with van der Waals surface area (Å²) in [5.74, 6) is 1.51. The van der Waals surface area contributed by atoms with Gasteiger partial charge in [0.15, 0.2) is 5.82 Å². The average Bonchev–Trinajstić information content (AvgIpc) is 2.87. The van der Waals surface area contributed by atoms with Gasteiger partial charge in [0.25, 0.3) is 0 Å². The summed E-state index contributed by atoms with van der Waals surface area (Å²) in [6.07, 6.45) is 3.47. The second-order valence-electron chi connectivity index (χ2n) is 5.48. The van der Waals surface area contributed by atoms with Crippen LogP contribution in [0, 0.1) is 13.8 Å².